The van der Waals surface area contributed by atoms with E-state index in [9.17, 15) is 9.90 Å². The predicted octanol–water partition coefficient (Wildman–Crippen LogP) is 2.97. The molecule has 2 aromatic carbocycles. The number of benzene rings is 2. The van der Waals surface area contributed by atoms with Gasteiger partial charge in [0.05, 0.1) is 29.4 Å². The van der Waals surface area contributed by atoms with Gasteiger partial charge in [-0.2, -0.15) is 4.98 Å². The lowest BCUT2D eigenvalue weighted by Crippen LogP contribution is -2.31. The molecule has 2 atom stereocenters. The van der Waals surface area contributed by atoms with Gasteiger partial charge in [0.2, 0.25) is 5.95 Å². The van der Waals surface area contributed by atoms with Gasteiger partial charge in [0, 0.05) is 25.9 Å². The molecule has 3 heterocycles. The highest BCUT2D eigenvalue weighted by molar-refractivity contribution is 5.80. The average molecular weight is 486 g/mol. The molecule has 0 amide bonds. The van der Waals surface area contributed by atoms with Gasteiger partial charge in [-0.15, -0.1) is 0 Å². The lowest BCUT2D eigenvalue weighted by atomic mass is 9.85. The van der Waals surface area contributed by atoms with Crippen LogP contribution in [0.1, 0.15) is 42.5 Å². The molecule has 1 aliphatic rings. The Hall–Kier alpha value is -4.02. The molecule has 3 N–H and O–H groups in total. The number of nitrogen functional groups attached to an aromatic ring is 1. The molecule has 0 aliphatic heterocycles. The minimum atomic E-state index is -0.545. The highest BCUT2D eigenvalue weighted by Crippen LogP contribution is 2.38. The highest BCUT2D eigenvalue weighted by atomic mass is 16.5. The predicted molar refractivity (Wildman–Crippen MR) is 136 cm³/mol. The molecular weight excluding hydrogens is 458 g/mol. The minimum absolute atomic E-state index is 0.150. The molecule has 10 nitrogen and oxygen atoms in total. The van der Waals surface area contributed by atoms with Crippen molar-refractivity contribution in [1.29, 1.82) is 0 Å². The summed E-state index contributed by atoms with van der Waals surface area (Å²) >= 11 is 0. The number of imidazole rings is 2. The number of hydrogen-bond donors (Lipinski definition) is 2. The van der Waals surface area contributed by atoms with Crippen molar-refractivity contribution in [3.8, 4) is 5.95 Å². The van der Waals surface area contributed by atoms with Gasteiger partial charge in [0.1, 0.15) is 11.8 Å². The first-order valence-corrected chi connectivity index (χ1v) is 12.0. The lowest BCUT2D eigenvalue weighted by molar-refractivity contribution is 0.147. The number of fused-ring (bicyclic) bond motifs is 3. The highest BCUT2D eigenvalue weighted by Gasteiger charge is 2.31. The molecule has 10 heteroatoms. The molecule has 0 radical (unpaired) electrons. The van der Waals surface area contributed by atoms with E-state index >= 15 is 0 Å². The van der Waals surface area contributed by atoms with Crippen molar-refractivity contribution in [2.45, 2.75) is 38.0 Å². The summed E-state index contributed by atoms with van der Waals surface area (Å²) in [5, 5.41) is 10.6. The maximum atomic E-state index is 13.8. The summed E-state index contributed by atoms with van der Waals surface area (Å²) in [6.07, 6.45) is 4.69. The number of rotatable bonds is 6. The zero-order chi connectivity index (χ0) is 24.8. The quantitative estimate of drug-likeness (QED) is 0.280. The molecule has 0 fully saturated rings. The van der Waals surface area contributed by atoms with Crippen LogP contribution in [0.2, 0.25) is 0 Å². The molecule has 2 unspecified atom stereocenters. The van der Waals surface area contributed by atoms with Crippen molar-refractivity contribution >= 4 is 27.9 Å². The first-order valence-electron chi connectivity index (χ1n) is 12.0. The van der Waals surface area contributed by atoms with Gasteiger partial charge in [-0.3, -0.25) is 13.7 Å². The second-order valence-corrected chi connectivity index (χ2v) is 9.13. The van der Waals surface area contributed by atoms with Crippen molar-refractivity contribution in [2.24, 2.45) is 0 Å². The standard InChI is InChI=1S/C26H27N7O3/c1-36-12-4-11-31-22-14-28-25(32-15-29-19-8-7-16(27)13-21(19)32)30-24(22)33(26(31)35)20-9-10-23(34)18-6-3-2-5-17(18)20/h2-3,5-8,13-15,20,23,34H,4,9-12,27H2,1H3. The number of anilines is 1. The monoisotopic (exact) mass is 485 g/mol. The van der Waals surface area contributed by atoms with E-state index in [0.717, 1.165) is 22.2 Å². The maximum absolute atomic E-state index is 13.8. The van der Waals surface area contributed by atoms with Crippen LogP contribution in [0.15, 0.2) is 59.8 Å². The number of aliphatic hydroxyl groups excluding tert-OH is 1. The molecule has 3 aromatic heterocycles. The Bertz CT molecular complexity index is 1630. The van der Waals surface area contributed by atoms with Crippen LogP contribution in [0.25, 0.3) is 28.1 Å². The Kier molecular flexibility index (Phi) is 5.54. The molecule has 0 bridgehead atoms. The van der Waals surface area contributed by atoms with E-state index in [1.165, 1.54) is 0 Å². The van der Waals surface area contributed by atoms with Crippen LogP contribution in [-0.2, 0) is 11.3 Å². The van der Waals surface area contributed by atoms with E-state index in [4.69, 9.17) is 15.5 Å². The second-order valence-electron chi connectivity index (χ2n) is 9.13. The zero-order valence-corrected chi connectivity index (χ0v) is 19.9. The van der Waals surface area contributed by atoms with E-state index in [2.05, 4.69) is 9.97 Å². The molecule has 0 saturated heterocycles. The summed E-state index contributed by atoms with van der Waals surface area (Å²) in [5.74, 6) is 0.405. The molecule has 36 heavy (non-hydrogen) atoms. The summed E-state index contributed by atoms with van der Waals surface area (Å²) in [7, 11) is 1.65. The third kappa shape index (κ3) is 3.57. The minimum Gasteiger partial charge on any atom is -0.399 e. The number of nitrogens with zero attached hydrogens (tertiary/aromatic N) is 6. The van der Waals surface area contributed by atoms with Gasteiger partial charge < -0.3 is 15.6 Å². The fourth-order valence-corrected chi connectivity index (χ4v) is 5.23. The summed E-state index contributed by atoms with van der Waals surface area (Å²) in [5.41, 5.74) is 11.0. The van der Waals surface area contributed by atoms with Gasteiger partial charge >= 0.3 is 5.69 Å². The second kappa shape index (κ2) is 8.89. The Morgan fingerprint density at radius 1 is 1.11 bits per heavy atom. The average Bonchev–Trinajstić information content (AvgIpc) is 3.42. The third-order valence-electron chi connectivity index (χ3n) is 6.95. The van der Waals surface area contributed by atoms with Gasteiger partial charge in [0.15, 0.2) is 5.65 Å². The molecule has 5 aromatic rings. The molecule has 6 rings (SSSR count). The van der Waals surface area contributed by atoms with E-state index in [1.807, 2.05) is 36.4 Å². The molecule has 0 spiro atoms. The largest absolute Gasteiger partial charge is 0.399 e. The Labute approximate surface area is 206 Å². The molecule has 184 valence electrons. The van der Waals surface area contributed by atoms with Crippen LogP contribution in [0.3, 0.4) is 0 Å². The number of aromatic nitrogens is 6. The SMILES string of the molecule is COCCCn1c(=O)n(C2CCC(O)c3ccccc32)c2nc(-n3cnc4ccc(N)cc43)ncc21. The fraction of sp³-hybridized carbons (Fsp3) is 0.308. The van der Waals surface area contributed by atoms with Crippen LogP contribution in [-0.4, -0.2) is 47.5 Å². The number of methoxy groups -OCH3 is 1. The smallest absolute Gasteiger partial charge is 0.330 e. The van der Waals surface area contributed by atoms with Crippen LogP contribution < -0.4 is 11.4 Å². The number of hydrogen-bond acceptors (Lipinski definition) is 7. The number of ether oxygens (including phenoxy) is 1. The first kappa shape index (κ1) is 22.4. The maximum Gasteiger partial charge on any atom is 0.330 e. The van der Waals surface area contributed by atoms with Gasteiger partial charge in [-0.05, 0) is 48.6 Å². The summed E-state index contributed by atoms with van der Waals surface area (Å²) < 4.78 is 10.5. The van der Waals surface area contributed by atoms with Gasteiger partial charge in [0.25, 0.3) is 0 Å². The normalized spacial score (nSPS) is 17.6. The summed E-state index contributed by atoms with van der Waals surface area (Å²) in [6.45, 7) is 1.03. The number of aryl methyl sites for hydroxylation is 1. The van der Waals surface area contributed by atoms with Gasteiger partial charge in [-0.25, -0.2) is 14.8 Å². The van der Waals surface area contributed by atoms with Crippen molar-refractivity contribution in [3.05, 3.63) is 76.6 Å². The molecular formula is C26H27N7O3. The number of nitrogens with two attached hydrogens (primary N) is 1. The van der Waals surface area contributed by atoms with Crippen LogP contribution in [0, 0.1) is 0 Å². The van der Waals surface area contributed by atoms with E-state index in [0.29, 0.717) is 55.2 Å². The zero-order valence-electron chi connectivity index (χ0n) is 19.9. The summed E-state index contributed by atoms with van der Waals surface area (Å²) in [4.78, 5) is 27.8. The van der Waals surface area contributed by atoms with Crippen molar-refractivity contribution in [2.75, 3.05) is 19.5 Å². The van der Waals surface area contributed by atoms with E-state index in [1.54, 1.807) is 39.4 Å². The van der Waals surface area contributed by atoms with Crippen LogP contribution in [0.5, 0.6) is 0 Å². The molecule has 0 saturated carbocycles. The lowest BCUT2D eigenvalue weighted by Gasteiger charge is -2.29. The fourth-order valence-electron chi connectivity index (χ4n) is 5.23. The van der Waals surface area contributed by atoms with Crippen LogP contribution >= 0.6 is 0 Å². The molecule has 1 aliphatic carbocycles. The topological polar surface area (TPSA) is 126 Å². The Morgan fingerprint density at radius 2 is 1.94 bits per heavy atom. The Balaban J connectivity index is 1.57. The van der Waals surface area contributed by atoms with Crippen molar-refractivity contribution < 1.29 is 9.84 Å². The van der Waals surface area contributed by atoms with Crippen molar-refractivity contribution in [1.82, 2.24) is 28.7 Å². The summed E-state index contributed by atoms with van der Waals surface area (Å²) in [6, 6.07) is 13.0. The third-order valence-corrected chi connectivity index (χ3v) is 6.95. The van der Waals surface area contributed by atoms with Gasteiger partial charge in [-0.1, -0.05) is 24.3 Å². The van der Waals surface area contributed by atoms with Crippen molar-refractivity contribution in [3.63, 3.8) is 0 Å². The van der Waals surface area contributed by atoms with E-state index < -0.39 is 6.10 Å². The number of aliphatic hydroxyl groups is 1. The van der Waals surface area contributed by atoms with Crippen LogP contribution in [0.4, 0.5) is 5.69 Å². The van der Waals surface area contributed by atoms with E-state index in [-0.39, 0.29) is 11.7 Å². The first-order chi connectivity index (χ1) is 17.6. The Morgan fingerprint density at radius 3 is 2.78 bits per heavy atom.